The lowest BCUT2D eigenvalue weighted by molar-refractivity contribution is 0.400. The van der Waals surface area contributed by atoms with Crippen molar-refractivity contribution < 1.29 is 4.52 Å². The van der Waals surface area contributed by atoms with E-state index in [-0.39, 0.29) is 0 Å². The number of likely N-dealkylation sites (tertiary alicyclic amines) is 1. The van der Waals surface area contributed by atoms with Gasteiger partial charge in [0.1, 0.15) is 0 Å². The average Bonchev–Trinajstić information content (AvgIpc) is 3.23. The molecular weight excluding hydrogens is 325 g/mol. The van der Waals surface area contributed by atoms with Crippen molar-refractivity contribution in [3.8, 4) is 0 Å². The molecule has 1 fully saturated rings. The molecule has 1 saturated heterocycles. The highest BCUT2D eigenvalue weighted by atomic mass is 32.4. The number of para-hydroxylation sites is 1. The lowest BCUT2D eigenvalue weighted by Gasteiger charge is -2.32. The summed E-state index contributed by atoms with van der Waals surface area (Å²) in [6.45, 7) is 2.30. The summed E-state index contributed by atoms with van der Waals surface area (Å²) >= 11 is 6.10. The zero-order valence-corrected chi connectivity index (χ0v) is 15.2. The molecule has 4 nitrogen and oxygen atoms in total. The molecule has 0 spiro atoms. The normalized spacial score (nSPS) is 27.4. The van der Waals surface area contributed by atoms with Crippen molar-refractivity contribution in [2.45, 2.75) is 32.1 Å². The molecule has 0 aromatic heterocycles. The summed E-state index contributed by atoms with van der Waals surface area (Å²) in [5.74, 6) is 0. The number of benzene rings is 1. The Balaban J connectivity index is 1.84. The maximum Gasteiger partial charge on any atom is 0.209 e. The Morgan fingerprint density at radius 1 is 1.09 bits per heavy atom. The fraction of sp³-hybridized carbons (Fsp3) is 0.471. The van der Waals surface area contributed by atoms with Gasteiger partial charge >= 0.3 is 0 Å². The first kappa shape index (κ1) is 15.4. The highest BCUT2D eigenvalue weighted by Crippen LogP contribution is 2.66. The van der Waals surface area contributed by atoms with Crippen molar-refractivity contribution in [2.75, 3.05) is 25.0 Å². The summed E-state index contributed by atoms with van der Waals surface area (Å²) in [7, 11) is 1.75. The molecule has 2 heterocycles. The van der Waals surface area contributed by atoms with E-state index in [0.717, 1.165) is 43.8 Å². The predicted octanol–water partition coefficient (Wildman–Crippen LogP) is 4.31. The Morgan fingerprint density at radius 2 is 1.83 bits per heavy atom. The monoisotopic (exact) mass is 347 g/mol. The van der Waals surface area contributed by atoms with Gasteiger partial charge in [-0.15, -0.1) is 0 Å². The van der Waals surface area contributed by atoms with Crippen LogP contribution in [0.2, 0.25) is 0 Å². The van der Waals surface area contributed by atoms with E-state index in [4.69, 9.17) is 21.4 Å². The van der Waals surface area contributed by atoms with Crippen LogP contribution in [0.5, 0.6) is 0 Å². The maximum absolute atomic E-state index is 6.10. The summed E-state index contributed by atoms with van der Waals surface area (Å²) in [5, 5.41) is 6.15. The van der Waals surface area contributed by atoms with Crippen molar-refractivity contribution in [3.63, 3.8) is 0 Å². The molecule has 0 amide bonds. The highest BCUT2D eigenvalue weighted by molar-refractivity contribution is 8.15. The summed E-state index contributed by atoms with van der Waals surface area (Å²) in [4.78, 5) is 2.53. The summed E-state index contributed by atoms with van der Waals surface area (Å²) in [6.07, 6.45) is 3.52. The third kappa shape index (κ3) is 2.46. The van der Waals surface area contributed by atoms with Crippen LogP contribution in [0.15, 0.2) is 46.4 Å². The van der Waals surface area contributed by atoms with Crippen LogP contribution in [-0.2, 0) is 16.3 Å². The molecule has 23 heavy (non-hydrogen) atoms. The minimum absolute atomic E-state index is 1.01. The maximum atomic E-state index is 6.10. The van der Waals surface area contributed by atoms with Gasteiger partial charge in [-0.2, -0.15) is 5.10 Å². The molecule has 0 unspecified atom stereocenters. The van der Waals surface area contributed by atoms with E-state index in [0.29, 0.717) is 0 Å². The topological polar surface area (TPSA) is 28.1 Å². The average molecular weight is 347 g/mol. The Bertz CT molecular complexity index is 710. The van der Waals surface area contributed by atoms with Crippen LogP contribution in [0, 0.1) is 0 Å². The van der Waals surface area contributed by atoms with E-state index in [1.165, 1.54) is 23.9 Å². The van der Waals surface area contributed by atoms with Crippen molar-refractivity contribution in [1.29, 1.82) is 0 Å². The van der Waals surface area contributed by atoms with Gasteiger partial charge in [0.05, 0.1) is 16.7 Å². The van der Waals surface area contributed by atoms with E-state index in [2.05, 4.69) is 17.0 Å². The van der Waals surface area contributed by atoms with E-state index < -0.39 is 6.42 Å². The molecule has 3 aliphatic rings. The lowest BCUT2D eigenvalue weighted by Crippen LogP contribution is -2.25. The summed E-state index contributed by atoms with van der Waals surface area (Å²) < 4.78 is 7.97. The highest BCUT2D eigenvalue weighted by Gasteiger charge is 2.44. The van der Waals surface area contributed by atoms with Gasteiger partial charge in [-0.05, 0) is 56.0 Å². The molecule has 1 aliphatic carbocycles. The zero-order valence-electron chi connectivity index (χ0n) is 13.4. The number of hydrogen-bond donors (Lipinski definition) is 0. The van der Waals surface area contributed by atoms with Crippen molar-refractivity contribution >= 4 is 29.6 Å². The molecule has 0 bridgehead atoms. The first-order chi connectivity index (χ1) is 11.2. The lowest BCUT2D eigenvalue weighted by atomic mass is 10.0. The van der Waals surface area contributed by atoms with Gasteiger partial charge in [-0.1, -0.05) is 18.2 Å². The minimum atomic E-state index is -2.32. The quantitative estimate of drug-likeness (QED) is 0.762. The van der Waals surface area contributed by atoms with Crippen LogP contribution in [0.4, 0.5) is 5.69 Å². The second-order valence-electron chi connectivity index (χ2n) is 6.22. The van der Waals surface area contributed by atoms with Crippen molar-refractivity contribution in [2.24, 2.45) is 5.10 Å². The molecule has 122 valence electrons. The van der Waals surface area contributed by atoms with E-state index in [9.17, 15) is 0 Å². The van der Waals surface area contributed by atoms with Gasteiger partial charge in [0.25, 0.3) is 0 Å². The molecule has 2 aliphatic heterocycles. The van der Waals surface area contributed by atoms with Crippen LogP contribution in [0.25, 0.3) is 0 Å². The van der Waals surface area contributed by atoms with Crippen LogP contribution in [0.3, 0.4) is 0 Å². The molecule has 0 radical (unpaired) electrons. The van der Waals surface area contributed by atoms with Crippen molar-refractivity contribution in [1.82, 2.24) is 4.90 Å². The van der Waals surface area contributed by atoms with Crippen LogP contribution < -0.4 is 4.78 Å². The first-order valence-electron chi connectivity index (χ1n) is 8.32. The smallest absolute Gasteiger partial charge is 0.209 e. The standard InChI is InChI=1S/C17H22N3OPS/c1-21-22(23)17-15(18-20(22)14-8-3-2-4-9-14)10-7-11-16(17)19-12-5-6-13-19/h2-4,8-9H,5-7,10-13H2,1H3/t22-/m0/s1. The summed E-state index contributed by atoms with van der Waals surface area (Å²) in [5.41, 5.74) is 3.61. The third-order valence-electron chi connectivity index (χ3n) is 4.84. The molecule has 0 saturated carbocycles. The molecule has 1 atom stereocenters. The molecule has 1 aromatic rings. The first-order valence-corrected chi connectivity index (χ1v) is 11.0. The molecule has 0 N–H and O–H groups in total. The second kappa shape index (κ2) is 6.04. The number of anilines is 1. The Labute approximate surface area is 143 Å². The Kier molecular flexibility index (Phi) is 4.04. The molecular formula is C17H22N3OPS. The number of fused-ring (bicyclic) bond motifs is 1. The minimum Gasteiger partial charge on any atom is -0.374 e. The van der Waals surface area contributed by atoms with Gasteiger partial charge in [0.15, 0.2) is 0 Å². The largest absolute Gasteiger partial charge is 0.374 e. The van der Waals surface area contributed by atoms with Gasteiger partial charge < -0.3 is 9.42 Å². The Hall–Kier alpha value is -1.16. The zero-order chi connectivity index (χ0) is 15.9. The van der Waals surface area contributed by atoms with Gasteiger partial charge in [-0.3, -0.25) is 0 Å². The predicted molar refractivity (Wildman–Crippen MR) is 99.3 cm³/mol. The van der Waals surface area contributed by atoms with Crippen molar-refractivity contribution in [3.05, 3.63) is 41.3 Å². The van der Waals surface area contributed by atoms with Gasteiger partial charge in [0, 0.05) is 25.9 Å². The van der Waals surface area contributed by atoms with E-state index in [1.54, 1.807) is 7.11 Å². The summed E-state index contributed by atoms with van der Waals surface area (Å²) in [6, 6.07) is 10.2. The molecule has 1 aromatic carbocycles. The van der Waals surface area contributed by atoms with Crippen LogP contribution in [-0.4, -0.2) is 30.8 Å². The van der Waals surface area contributed by atoms with Crippen LogP contribution in [0.1, 0.15) is 32.1 Å². The molecule has 6 heteroatoms. The molecule has 4 rings (SSSR count). The van der Waals surface area contributed by atoms with E-state index in [1.807, 2.05) is 23.0 Å². The SMILES string of the molecule is CO[P@]1(=S)C2=C(N3CCCC3)CCCC2=NN1c1ccccc1. The fourth-order valence-electron chi connectivity index (χ4n) is 3.75. The number of rotatable bonds is 3. The number of hydrogen-bond acceptors (Lipinski definition) is 4. The number of allylic oxidation sites excluding steroid dienone is 2. The number of hydrazone groups is 1. The van der Waals surface area contributed by atoms with E-state index >= 15 is 0 Å². The number of nitrogens with zero attached hydrogens (tertiary/aromatic N) is 3. The third-order valence-corrected chi connectivity index (χ3v) is 8.70. The second-order valence-corrected chi connectivity index (χ2v) is 9.93. The fourth-order valence-corrected chi connectivity index (χ4v) is 7.03. The van der Waals surface area contributed by atoms with Gasteiger partial charge in [0.2, 0.25) is 6.42 Å². The Morgan fingerprint density at radius 3 is 2.52 bits per heavy atom. The van der Waals surface area contributed by atoms with Gasteiger partial charge in [-0.25, -0.2) is 4.78 Å². The van der Waals surface area contributed by atoms with Crippen LogP contribution >= 0.6 is 6.42 Å².